The van der Waals surface area contributed by atoms with E-state index >= 15 is 0 Å². The van der Waals surface area contributed by atoms with Crippen molar-refractivity contribution in [3.63, 3.8) is 0 Å². The molecule has 27 heavy (non-hydrogen) atoms. The number of hydrogen-bond donors (Lipinski definition) is 0. The quantitative estimate of drug-likeness (QED) is 0.762. The fraction of sp³-hybridized carbons (Fsp3) is 0.591. The van der Waals surface area contributed by atoms with Crippen molar-refractivity contribution in [1.29, 1.82) is 0 Å². The van der Waals surface area contributed by atoms with E-state index in [1.54, 1.807) is 17.5 Å². The molecule has 1 amide bonds. The van der Waals surface area contributed by atoms with Crippen LogP contribution in [0.5, 0.6) is 0 Å². The molecule has 2 aromatic rings. The minimum atomic E-state index is 0.139. The van der Waals surface area contributed by atoms with E-state index in [2.05, 4.69) is 16.8 Å². The third kappa shape index (κ3) is 3.10. The molecular weight excluding hydrogens is 354 g/mol. The highest BCUT2D eigenvalue weighted by Crippen LogP contribution is 2.57. The summed E-state index contributed by atoms with van der Waals surface area (Å²) in [4.78, 5) is 24.6. The van der Waals surface area contributed by atoms with E-state index < -0.39 is 0 Å². The first-order valence-electron chi connectivity index (χ1n) is 10.3. The van der Waals surface area contributed by atoms with Crippen LogP contribution in [0.25, 0.3) is 10.7 Å². The highest BCUT2D eigenvalue weighted by Gasteiger charge is 2.54. The molecule has 4 saturated carbocycles. The van der Waals surface area contributed by atoms with Crippen molar-refractivity contribution in [2.24, 2.45) is 17.8 Å². The molecule has 0 atom stereocenters. The number of pyridine rings is 1. The van der Waals surface area contributed by atoms with Gasteiger partial charge in [-0.1, -0.05) is 6.07 Å². The Hall–Kier alpha value is -1.75. The van der Waals surface area contributed by atoms with Crippen molar-refractivity contribution < 1.29 is 4.79 Å². The van der Waals surface area contributed by atoms with Crippen LogP contribution in [-0.4, -0.2) is 32.9 Å². The van der Waals surface area contributed by atoms with Gasteiger partial charge in [-0.2, -0.15) is 0 Å². The Morgan fingerprint density at radius 2 is 1.89 bits per heavy atom. The van der Waals surface area contributed by atoms with Crippen LogP contribution >= 0.6 is 11.3 Å². The molecule has 0 saturated heterocycles. The second kappa shape index (κ2) is 6.69. The van der Waals surface area contributed by atoms with Crippen LogP contribution in [0.1, 0.15) is 51.1 Å². The van der Waals surface area contributed by atoms with E-state index in [-0.39, 0.29) is 11.4 Å². The number of aromatic nitrogens is 2. The molecule has 4 aliphatic rings. The maximum absolute atomic E-state index is 13.3. The summed E-state index contributed by atoms with van der Waals surface area (Å²) in [6.07, 6.45) is 10.1. The average molecular weight is 382 g/mol. The number of carbonyl (C=O) groups is 1. The van der Waals surface area contributed by atoms with E-state index in [1.807, 2.05) is 23.6 Å². The minimum absolute atomic E-state index is 0.139. The smallest absolute Gasteiger partial charge is 0.229 e. The summed E-state index contributed by atoms with van der Waals surface area (Å²) < 4.78 is 0. The molecule has 6 rings (SSSR count). The first-order valence-corrected chi connectivity index (χ1v) is 11.2. The maximum atomic E-state index is 13.3. The van der Waals surface area contributed by atoms with Crippen molar-refractivity contribution in [2.75, 3.05) is 6.54 Å². The van der Waals surface area contributed by atoms with Crippen molar-refractivity contribution in [1.82, 2.24) is 14.9 Å². The molecule has 4 nitrogen and oxygen atoms in total. The van der Waals surface area contributed by atoms with Gasteiger partial charge in [0, 0.05) is 23.7 Å². The second-order valence-electron chi connectivity index (χ2n) is 8.82. The standard InChI is InChI=1S/C22H27N3OS/c1-2-25(22-11-15-7-16(12-22)9-17(8-15)13-22)20(26)10-18-14-27-21(24-18)19-5-3-4-6-23-19/h3-6,14-17H,2,7-13H2,1H3. The summed E-state index contributed by atoms with van der Waals surface area (Å²) in [6.45, 7) is 2.97. The fourth-order valence-electron chi connectivity index (χ4n) is 6.42. The molecule has 4 aliphatic carbocycles. The van der Waals surface area contributed by atoms with Gasteiger partial charge in [0.05, 0.1) is 17.8 Å². The molecule has 0 aromatic carbocycles. The molecule has 0 N–H and O–H groups in total. The van der Waals surface area contributed by atoms with Gasteiger partial charge >= 0.3 is 0 Å². The topological polar surface area (TPSA) is 46.1 Å². The summed E-state index contributed by atoms with van der Waals surface area (Å²) in [5, 5.41) is 2.92. The minimum Gasteiger partial charge on any atom is -0.337 e. The lowest BCUT2D eigenvalue weighted by molar-refractivity contribution is -0.149. The van der Waals surface area contributed by atoms with Crippen molar-refractivity contribution in [3.05, 3.63) is 35.5 Å². The lowest BCUT2D eigenvalue weighted by atomic mass is 9.52. The zero-order valence-electron chi connectivity index (χ0n) is 15.9. The number of nitrogens with zero attached hydrogens (tertiary/aromatic N) is 3. The molecule has 2 aromatic heterocycles. The van der Waals surface area contributed by atoms with E-state index in [9.17, 15) is 4.79 Å². The van der Waals surface area contributed by atoms with Gasteiger partial charge in [0.1, 0.15) is 5.01 Å². The molecule has 4 fully saturated rings. The van der Waals surface area contributed by atoms with E-state index in [0.29, 0.717) is 6.42 Å². The lowest BCUT2D eigenvalue weighted by Gasteiger charge is -2.60. The van der Waals surface area contributed by atoms with Crippen LogP contribution in [0.3, 0.4) is 0 Å². The molecular formula is C22H27N3OS. The van der Waals surface area contributed by atoms with Crippen LogP contribution in [0.4, 0.5) is 0 Å². The van der Waals surface area contributed by atoms with Crippen LogP contribution in [-0.2, 0) is 11.2 Å². The average Bonchev–Trinajstić information content (AvgIpc) is 3.10. The number of likely N-dealkylation sites (N-methyl/N-ethyl adjacent to an activating group) is 1. The summed E-state index contributed by atoms with van der Waals surface area (Å²) >= 11 is 1.58. The molecule has 142 valence electrons. The molecule has 5 heteroatoms. The monoisotopic (exact) mass is 381 g/mol. The molecule has 4 bridgehead atoms. The zero-order valence-corrected chi connectivity index (χ0v) is 16.8. The van der Waals surface area contributed by atoms with E-state index in [4.69, 9.17) is 4.98 Å². The third-order valence-corrected chi connectivity index (χ3v) is 7.88. The van der Waals surface area contributed by atoms with E-state index in [1.165, 1.54) is 38.5 Å². The Labute approximate surface area is 165 Å². The fourth-order valence-corrected chi connectivity index (χ4v) is 7.21. The number of rotatable bonds is 5. The summed E-state index contributed by atoms with van der Waals surface area (Å²) in [5.41, 5.74) is 1.91. The Bertz CT molecular complexity index is 796. The maximum Gasteiger partial charge on any atom is 0.229 e. The van der Waals surface area contributed by atoms with Crippen LogP contribution in [0.2, 0.25) is 0 Å². The number of carbonyl (C=O) groups excluding carboxylic acids is 1. The molecule has 0 unspecified atom stereocenters. The predicted octanol–water partition coefficient (Wildman–Crippen LogP) is 4.56. The van der Waals surface area contributed by atoms with E-state index in [0.717, 1.165) is 40.7 Å². The van der Waals surface area contributed by atoms with Gasteiger partial charge in [-0.25, -0.2) is 4.98 Å². The lowest BCUT2D eigenvalue weighted by Crippen LogP contribution is -2.61. The highest BCUT2D eigenvalue weighted by atomic mass is 32.1. The summed E-state index contributed by atoms with van der Waals surface area (Å²) in [5.74, 6) is 2.83. The van der Waals surface area contributed by atoms with Crippen molar-refractivity contribution in [2.45, 2.75) is 57.4 Å². The second-order valence-corrected chi connectivity index (χ2v) is 9.67. The van der Waals surface area contributed by atoms with Gasteiger partial charge in [0.25, 0.3) is 0 Å². The van der Waals surface area contributed by atoms with Crippen LogP contribution in [0.15, 0.2) is 29.8 Å². The van der Waals surface area contributed by atoms with Crippen molar-refractivity contribution in [3.8, 4) is 10.7 Å². The van der Waals surface area contributed by atoms with Crippen molar-refractivity contribution >= 4 is 17.2 Å². The van der Waals surface area contributed by atoms with Gasteiger partial charge < -0.3 is 4.90 Å². The summed E-state index contributed by atoms with van der Waals surface area (Å²) in [7, 11) is 0. The first kappa shape index (κ1) is 17.4. The molecule has 0 aliphatic heterocycles. The zero-order chi connectivity index (χ0) is 18.4. The largest absolute Gasteiger partial charge is 0.337 e. The van der Waals surface area contributed by atoms with Gasteiger partial charge in [-0.15, -0.1) is 11.3 Å². The molecule has 0 spiro atoms. The van der Waals surface area contributed by atoms with Gasteiger partial charge in [-0.05, 0) is 75.3 Å². The predicted molar refractivity (Wildman–Crippen MR) is 107 cm³/mol. The van der Waals surface area contributed by atoms with Crippen LogP contribution < -0.4 is 0 Å². The van der Waals surface area contributed by atoms with Crippen LogP contribution in [0, 0.1) is 17.8 Å². The highest BCUT2D eigenvalue weighted by molar-refractivity contribution is 7.13. The molecule has 0 radical (unpaired) electrons. The first-order chi connectivity index (χ1) is 13.1. The van der Waals surface area contributed by atoms with Gasteiger partial charge in [0.15, 0.2) is 0 Å². The van der Waals surface area contributed by atoms with Gasteiger partial charge in [-0.3, -0.25) is 9.78 Å². The third-order valence-electron chi connectivity index (χ3n) is 6.96. The number of thiazole rings is 1. The normalized spacial score (nSPS) is 31.2. The number of amides is 1. The Morgan fingerprint density at radius 1 is 1.19 bits per heavy atom. The Kier molecular flexibility index (Phi) is 4.30. The number of hydrogen-bond acceptors (Lipinski definition) is 4. The molecule has 2 heterocycles. The summed E-state index contributed by atoms with van der Waals surface area (Å²) in [6, 6.07) is 5.85. The Balaban J connectivity index is 1.34. The Morgan fingerprint density at radius 3 is 2.48 bits per heavy atom. The van der Waals surface area contributed by atoms with Gasteiger partial charge in [0.2, 0.25) is 5.91 Å². The SMILES string of the molecule is CCN(C(=O)Cc1csc(-c2ccccn2)n1)C12CC3CC(CC(C3)C1)C2.